The van der Waals surface area contributed by atoms with E-state index in [1.807, 2.05) is 0 Å². The van der Waals surface area contributed by atoms with Gasteiger partial charge in [0.1, 0.15) is 5.75 Å². The van der Waals surface area contributed by atoms with Gasteiger partial charge in [0.05, 0.1) is 0 Å². The Hall–Kier alpha value is 0.350. The van der Waals surface area contributed by atoms with E-state index in [4.69, 9.17) is 0 Å². The van der Waals surface area contributed by atoms with Gasteiger partial charge in [-0.25, -0.2) is 0 Å². The second-order valence-electron chi connectivity index (χ2n) is 2.35. The summed E-state index contributed by atoms with van der Waals surface area (Å²) < 4.78 is 0. The highest BCUT2D eigenvalue weighted by Crippen LogP contribution is 2.23. The molecule has 1 aliphatic carbocycles. The van der Waals surface area contributed by atoms with Gasteiger partial charge in [-0.2, -0.15) is 0 Å². The summed E-state index contributed by atoms with van der Waals surface area (Å²) in [5.74, 6) is 2.23. The second kappa shape index (κ2) is 2.61. The van der Waals surface area contributed by atoms with Gasteiger partial charge in [-0.15, -0.1) is 0 Å². The van der Waals surface area contributed by atoms with Gasteiger partial charge >= 0.3 is 0 Å². The van der Waals surface area contributed by atoms with Gasteiger partial charge < -0.3 is 0 Å². The van der Waals surface area contributed by atoms with Crippen LogP contribution >= 0.6 is 0 Å². The number of hydrogen-bond acceptors (Lipinski definition) is 0. The summed E-state index contributed by atoms with van der Waals surface area (Å²) in [6, 6.07) is 0. The third-order valence-electron chi connectivity index (χ3n) is 1.76. The molecule has 0 saturated heterocycles. The van der Waals surface area contributed by atoms with Crippen LogP contribution in [0.1, 0.15) is 25.7 Å². The molecule has 0 spiro atoms. The van der Waals surface area contributed by atoms with Gasteiger partial charge in [0.15, 0.2) is 0 Å². The van der Waals surface area contributed by atoms with E-state index in [-0.39, 0.29) is 0 Å². The van der Waals surface area contributed by atoms with Crippen molar-refractivity contribution in [3.63, 3.8) is 0 Å². The molecule has 0 heterocycles. The second-order valence-corrected chi connectivity index (χ2v) is 2.76. The van der Waals surface area contributed by atoms with E-state index >= 15 is 0 Å². The largest absolute Gasteiger partial charge is 0.106 e. The van der Waals surface area contributed by atoms with Gasteiger partial charge in [0.2, 0.25) is 0 Å². The molecule has 0 aliphatic heterocycles. The molecule has 0 unspecified atom stereocenters. The summed E-state index contributed by atoms with van der Waals surface area (Å²) >= 11 is 3.52. The van der Waals surface area contributed by atoms with Crippen molar-refractivity contribution in [1.82, 2.24) is 0 Å². The Morgan fingerprint density at radius 3 is 2.14 bits per heavy atom. The summed E-state index contributed by atoms with van der Waals surface area (Å²) in [7, 11) is 0. The molecule has 1 aliphatic rings. The normalized spacial score (nSPS) is 23.6. The summed E-state index contributed by atoms with van der Waals surface area (Å²) in [6.07, 6.45) is 5.86. The summed E-state index contributed by atoms with van der Waals surface area (Å²) in [6.45, 7) is 0. The number of hydrogen-bond donors (Lipinski definition) is 0. The van der Waals surface area contributed by atoms with Crippen LogP contribution in [0.15, 0.2) is 0 Å². The van der Waals surface area contributed by atoms with Crippen molar-refractivity contribution in [3.05, 3.63) is 0 Å². The topological polar surface area (TPSA) is 0 Å². The molecule has 0 nitrogen and oxygen atoms in total. The van der Waals surface area contributed by atoms with Crippen molar-refractivity contribution in [1.29, 1.82) is 0 Å². The Balaban J connectivity index is 2.14. The van der Waals surface area contributed by atoms with Crippen molar-refractivity contribution in [3.8, 4) is 0 Å². The Morgan fingerprint density at radius 1 is 1.29 bits per heavy atom. The van der Waals surface area contributed by atoms with Crippen molar-refractivity contribution in [2.45, 2.75) is 25.7 Å². The Kier molecular flexibility index (Phi) is 2.04. The molecule has 1 rings (SSSR count). The summed E-state index contributed by atoms with van der Waals surface area (Å²) in [4.78, 5) is 0. The zero-order valence-electron chi connectivity index (χ0n) is 4.61. The standard InChI is InChI=1S/C6H12S/c7-5-6-3-1-2-4-6/h6-7H,1-5H2/p+1. The number of rotatable bonds is 1. The molecular weight excluding hydrogens is 104 g/mol. The molecule has 0 aromatic carbocycles. The predicted molar refractivity (Wildman–Crippen MR) is 37.0 cm³/mol. The SMILES string of the molecule is [SH2+]CC1CCCC1. The molecule has 0 aromatic heterocycles. The monoisotopic (exact) mass is 117 g/mol. The average molecular weight is 117 g/mol. The fraction of sp³-hybridized carbons (Fsp3) is 1.00. The van der Waals surface area contributed by atoms with E-state index in [0.29, 0.717) is 0 Å². The molecule has 1 heteroatoms. The molecule has 42 valence electrons. The van der Waals surface area contributed by atoms with Crippen LogP contribution in [0.2, 0.25) is 0 Å². The summed E-state index contributed by atoms with van der Waals surface area (Å²) in [5.41, 5.74) is 0. The fourth-order valence-corrected chi connectivity index (χ4v) is 1.62. The van der Waals surface area contributed by atoms with Crippen LogP contribution < -0.4 is 0 Å². The minimum atomic E-state index is 1.01. The Labute approximate surface area is 50.7 Å². The van der Waals surface area contributed by atoms with Crippen LogP contribution in [0.4, 0.5) is 0 Å². The lowest BCUT2D eigenvalue weighted by molar-refractivity contribution is 0.624. The molecule has 1 saturated carbocycles. The third kappa shape index (κ3) is 1.37. The first-order valence-corrected chi connectivity index (χ1v) is 3.79. The highest BCUT2D eigenvalue weighted by molar-refractivity contribution is 7.58. The molecule has 0 bridgehead atoms. The Morgan fingerprint density at radius 2 is 1.86 bits per heavy atom. The van der Waals surface area contributed by atoms with Gasteiger partial charge in [-0.05, 0) is 25.5 Å². The smallest absolute Gasteiger partial charge is 0.0529 e. The minimum Gasteiger partial charge on any atom is -0.0529 e. The maximum absolute atomic E-state index is 3.52. The van der Waals surface area contributed by atoms with E-state index < -0.39 is 0 Å². The highest BCUT2D eigenvalue weighted by Gasteiger charge is 2.14. The lowest BCUT2D eigenvalue weighted by atomic mass is 10.1. The first-order chi connectivity index (χ1) is 3.43. The zero-order valence-corrected chi connectivity index (χ0v) is 5.61. The van der Waals surface area contributed by atoms with Crippen molar-refractivity contribution in [2.24, 2.45) is 5.92 Å². The van der Waals surface area contributed by atoms with Crippen LogP contribution in [-0.4, -0.2) is 5.75 Å². The first-order valence-electron chi connectivity index (χ1n) is 3.08. The van der Waals surface area contributed by atoms with Crippen LogP contribution in [-0.2, 0) is 12.6 Å². The quantitative estimate of drug-likeness (QED) is 0.453. The molecule has 0 aromatic rings. The highest BCUT2D eigenvalue weighted by atomic mass is 32.1. The maximum atomic E-state index is 3.52. The minimum absolute atomic E-state index is 1.01. The zero-order chi connectivity index (χ0) is 5.11. The summed E-state index contributed by atoms with van der Waals surface area (Å²) in [5, 5.41) is 0. The maximum Gasteiger partial charge on any atom is 0.106 e. The first kappa shape index (κ1) is 5.49. The van der Waals surface area contributed by atoms with Crippen LogP contribution in [0, 0.1) is 5.92 Å². The molecule has 7 heavy (non-hydrogen) atoms. The third-order valence-corrected chi connectivity index (χ3v) is 2.34. The Bertz CT molecular complexity index is 46.1. The molecule has 0 amide bonds. The van der Waals surface area contributed by atoms with Crippen LogP contribution in [0.3, 0.4) is 0 Å². The van der Waals surface area contributed by atoms with Crippen molar-refractivity contribution in [2.75, 3.05) is 5.75 Å². The lowest BCUT2D eigenvalue weighted by Gasteiger charge is -1.94. The van der Waals surface area contributed by atoms with Gasteiger partial charge in [0.25, 0.3) is 0 Å². The van der Waals surface area contributed by atoms with E-state index in [1.54, 1.807) is 0 Å². The predicted octanol–water partition coefficient (Wildman–Crippen LogP) is 1.19. The molecule has 0 atom stereocenters. The van der Waals surface area contributed by atoms with Crippen LogP contribution in [0.25, 0.3) is 0 Å². The van der Waals surface area contributed by atoms with E-state index in [0.717, 1.165) is 5.92 Å². The van der Waals surface area contributed by atoms with E-state index in [1.165, 1.54) is 31.4 Å². The van der Waals surface area contributed by atoms with Crippen molar-refractivity contribution < 1.29 is 0 Å². The average Bonchev–Trinajstić information content (AvgIpc) is 2.14. The van der Waals surface area contributed by atoms with Gasteiger partial charge in [-0.3, -0.25) is 0 Å². The van der Waals surface area contributed by atoms with E-state index in [9.17, 15) is 0 Å². The molecule has 0 N–H and O–H groups in total. The van der Waals surface area contributed by atoms with Crippen molar-refractivity contribution >= 4 is 12.6 Å². The molecule has 0 radical (unpaired) electrons. The van der Waals surface area contributed by atoms with Gasteiger partial charge in [0, 0.05) is 5.92 Å². The molecule has 1 fully saturated rings. The van der Waals surface area contributed by atoms with E-state index in [2.05, 4.69) is 12.6 Å². The molecular formula is C6H13S+. The lowest BCUT2D eigenvalue weighted by Crippen LogP contribution is -1.95. The van der Waals surface area contributed by atoms with Gasteiger partial charge in [-0.1, -0.05) is 12.8 Å². The van der Waals surface area contributed by atoms with Crippen LogP contribution in [0.5, 0.6) is 0 Å². The fourth-order valence-electron chi connectivity index (χ4n) is 1.21.